The van der Waals surface area contributed by atoms with Gasteiger partial charge in [-0.2, -0.15) is 13.2 Å². The predicted octanol–water partition coefficient (Wildman–Crippen LogP) is 4.91. The molecule has 0 aliphatic rings. The molecule has 6 heteroatoms. The van der Waals surface area contributed by atoms with Gasteiger partial charge in [-0.05, 0) is 25.0 Å². The SMILES string of the molecule is CCCCCCNc1cc(C(F)(F)F)cc(NCCC)n1. The minimum Gasteiger partial charge on any atom is -0.370 e. The van der Waals surface area contributed by atoms with Crippen molar-refractivity contribution in [3.05, 3.63) is 17.7 Å². The Hall–Kier alpha value is -1.46. The molecule has 2 N–H and O–H groups in total. The number of rotatable bonds is 9. The van der Waals surface area contributed by atoms with Gasteiger partial charge in [-0.15, -0.1) is 0 Å². The lowest BCUT2D eigenvalue weighted by molar-refractivity contribution is -0.137. The average Bonchev–Trinajstić information content (AvgIpc) is 2.44. The van der Waals surface area contributed by atoms with Gasteiger partial charge in [0.1, 0.15) is 11.6 Å². The molecule has 0 radical (unpaired) electrons. The third-order valence-electron chi connectivity index (χ3n) is 3.05. The van der Waals surface area contributed by atoms with E-state index in [1.807, 2.05) is 6.92 Å². The van der Waals surface area contributed by atoms with Crippen molar-refractivity contribution in [2.45, 2.75) is 52.1 Å². The van der Waals surface area contributed by atoms with Gasteiger partial charge in [-0.1, -0.05) is 33.1 Å². The zero-order valence-corrected chi connectivity index (χ0v) is 12.7. The average molecular weight is 303 g/mol. The van der Waals surface area contributed by atoms with E-state index < -0.39 is 11.7 Å². The maximum atomic E-state index is 12.9. The van der Waals surface area contributed by atoms with Crippen LogP contribution in [0.25, 0.3) is 0 Å². The maximum Gasteiger partial charge on any atom is 0.416 e. The highest BCUT2D eigenvalue weighted by Crippen LogP contribution is 2.32. The number of aromatic nitrogens is 1. The van der Waals surface area contributed by atoms with Crippen molar-refractivity contribution in [3.8, 4) is 0 Å². The largest absolute Gasteiger partial charge is 0.416 e. The van der Waals surface area contributed by atoms with Crippen LogP contribution in [0.15, 0.2) is 12.1 Å². The van der Waals surface area contributed by atoms with E-state index in [-0.39, 0.29) is 11.6 Å². The van der Waals surface area contributed by atoms with Crippen LogP contribution in [0.1, 0.15) is 51.5 Å². The fourth-order valence-corrected chi connectivity index (χ4v) is 1.90. The number of hydrogen-bond acceptors (Lipinski definition) is 3. The van der Waals surface area contributed by atoms with E-state index in [1.165, 1.54) is 0 Å². The van der Waals surface area contributed by atoms with Crippen LogP contribution in [0.5, 0.6) is 0 Å². The second-order valence-corrected chi connectivity index (χ2v) is 5.04. The molecule has 0 atom stereocenters. The van der Waals surface area contributed by atoms with Crippen molar-refractivity contribution in [2.24, 2.45) is 0 Å². The minimum atomic E-state index is -4.36. The molecule has 0 spiro atoms. The molecule has 120 valence electrons. The quantitative estimate of drug-likeness (QED) is 0.636. The smallest absolute Gasteiger partial charge is 0.370 e. The second kappa shape index (κ2) is 8.74. The van der Waals surface area contributed by atoms with Gasteiger partial charge in [0.15, 0.2) is 0 Å². The summed E-state index contributed by atoms with van der Waals surface area (Å²) in [6.45, 7) is 5.31. The first kappa shape index (κ1) is 17.6. The van der Waals surface area contributed by atoms with Crippen LogP contribution in [0, 0.1) is 0 Å². The molecule has 0 amide bonds. The van der Waals surface area contributed by atoms with Crippen LogP contribution in [-0.2, 0) is 6.18 Å². The molecule has 1 heterocycles. The van der Waals surface area contributed by atoms with Crippen molar-refractivity contribution in [2.75, 3.05) is 23.7 Å². The van der Waals surface area contributed by atoms with Gasteiger partial charge in [0.2, 0.25) is 0 Å². The standard InChI is InChI=1S/C15H24F3N3/c1-3-5-6-7-9-20-14-11-12(15(16,17)18)10-13(21-14)19-8-4-2/h10-11H,3-9H2,1-2H3,(H2,19,20,21). The minimum absolute atomic E-state index is 0.266. The molecule has 0 saturated heterocycles. The van der Waals surface area contributed by atoms with Gasteiger partial charge >= 0.3 is 6.18 Å². The van der Waals surface area contributed by atoms with E-state index >= 15 is 0 Å². The molecule has 1 aromatic heterocycles. The number of pyridine rings is 1. The highest BCUT2D eigenvalue weighted by atomic mass is 19.4. The van der Waals surface area contributed by atoms with Crippen LogP contribution < -0.4 is 10.6 Å². The second-order valence-electron chi connectivity index (χ2n) is 5.04. The van der Waals surface area contributed by atoms with Gasteiger partial charge in [-0.3, -0.25) is 0 Å². The highest BCUT2D eigenvalue weighted by molar-refractivity contribution is 5.49. The molecule has 0 aliphatic carbocycles. The number of halogens is 3. The van der Waals surface area contributed by atoms with Crippen LogP contribution >= 0.6 is 0 Å². The molecule has 3 nitrogen and oxygen atoms in total. The van der Waals surface area contributed by atoms with Crippen molar-refractivity contribution in [1.82, 2.24) is 4.98 Å². The maximum absolute atomic E-state index is 12.9. The number of hydrogen-bond donors (Lipinski definition) is 2. The van der Waals surface area contributed by atoms with Gasteiger partial charge in [0, 0.05) is 13.1 Å². The number of alkyl halides is 3. The molecule has 0 unspecified atom stereocenters. The summed E-state index contributed by atoms with van der Waals surface area (Å²) in [6.07, 6.45) is 0.753. The predicted molar refractivity (Wildman–Crippen MR) is 80.7 cm³/mol. The Balaban J connectivity index is 2.72. The molecule has 21 heavy (non-hydrogen) atoms. The normalized spacial score (nSPS) is 11.5. The molecular weight excluding hydrogens is 279 g/mol. The number of nitrogens with one attached hydrogen (secondary N) is 2. The van der Waals surface area contributed by atoms with Gasteiger partial charge in [0.25, 0.3) is 0 Å². The van der Waals surface area contributed by atoms with Crippen molar-refractivity contribution in [3.63, 3.8) is 0 Å². The van der Waals surface area contributed by atoms with Crippen LogP contribution in [0.2, 0.25) is 0 Å². The topological polar surface area (TPSA) is 37.0 Å². The van der Waals surface area contributed by atoms with E-state index in [0.717, 1.165) is 44.2 Å². The summed E-state index contributed by atoms with van der Waals surface area (Å²) < 4.78 is 38.6. The Kier molecular flexibility index (Phi) is 7.32. The van der Waals surface area contributed by atoms with E-state index in [2.05, 4.69) is 22.5 Å². The molecule has 0 saturated carbocycles. The molecular formula is C15H24F3N3. The van der Waals surface area contributed by atoms with Crippen LogP contribution in [-0.4, -0.2) is 18.1 Å². The van der Waals surface area contributed by atoms with Gasteiger partial charge in [-0.25, -0.2) is 4.98 Å². The lowest BCUT2D eigenvalue weighted by Gasteiger charge is -2.13. The Labute approximate surface area is 124 Å². The van der Waals surface area contributed by atoms with E-state index in [4.69, 9.17) is 0 Å². The highest BCUT2D eigenvalue weighted by Gasteiger charge is 2.31. The summed E-state index contributed by atoms with van der Waals surface area (Å²) in [7, 11) is 0. The molecule has 0 aromatic carbocycles. The monoisotopic (exact) mass is 303 g/mol. The Morgan fingerprint density at radius 3 is 2.05 bits per heavy atom. The van der Waals surface area contributed by atoms with E-state index in [1.54, 1.807) is 0 Å². The first-order chi connectivity index (χ1) is 9.97. The zero-order chi connectivity index (χ0) is 15.7. The lowest BCUT2D eigenvalue weighted by Crippen LogP contribution is -2.12. The summed E-state index contributed by atoms with van der Waals surface area (Å²) in [4.78, 5) is 4.18. The molecule has 0 bridgehead atoms. The fraction of sp³-hybridized carbons (Fsp3) is 0.667. The third kappa shape index (κ3) is 6.69. The fourth-order valence-electron chi connectivity index (χ4n) is 1.90. The van der Waals surface area contributed by atoms with E-state index in [0.29, 0.717) is 13.1 Å². The number of anilines is 2. The van der Waals surface area contributed by atoms with E-state index in [9.17, 15) is 13.2 Å². The lowest BCUT2D eigenvalue weighted by atomic mass is 10.2. The van der Waals surface area contributed by atoms with Crippen LogP contribution in [0.4, 0.5) is 24.8 Å². The molecule has 1 aromatic rings. The third-order valence-corrected chi connectivity index (χ3v) is 3.05. The number of nitrogens with zero attached hydrogens (tertiary/aromatic N) is 1. The summed E-state index contributed by atoms with van der Waals surface area (Å²) in [5.41, 5.74) is -0.674. The zero-order valence-electron chi connectivity index (χ0n) is 12.7. The first-order valence-corrected chi connectivity index (χ1v) is 7.54. The van der Waals surface area contributed by atoms with Crippen molar-refractivity contribution >= 4 is 11.6 Å². The van der Waals surface area contributed by atoms with Crippen molar-refractivity contribution in [1.29, 1.82) is 0 Å². The summed E-state index contributed by atoms with van der Waals surface area (Å²) in [5, 5.41) is 5.89. The first-order valence-electron chi connectivity index (χ1n) is 7.54. The van der Waals surface area contributed by atoms with Crippen molar-refractivity contribution < 1.29 is 13.2 Å². The van der Waals surface area contributed by atoms with Gasteiger partial charge in [0.05, 0.1) is 5.56 Å². The summed E-state index contributed by atoms with van der Waals surface area (Å²) in [6, 6.07) is 2.12. The number of unbranched alkanes of at least 4 members (excludes halogenated alkanes) is 3. The Morgan fingerprint density at radius 1 is 0.905 bits per heavy atom. The summed E-state index contributed by atoms with van der Waals surface area (Å²) in [5.74, 6) is 0.544. The summed E-state index contributed by atoms with van der Waals surface area (Å²) >= 11 is 0. The van der Waals surface area contributed by atoms with Gasteiger partial charge < -0.3 is 10.6 Å². The molecule has 0 fully saturated rings. The Bertz CT molecular complexity index is 419. The molecule has 1 rings (SSSR count). The Morgan fingerprint density at radius 2 is 1.52 bits per heavy atom. The van der Waals surface area contributed by atoms with Crippen LogP contribution in [0.3, 0.4) is 0 Å². The molecule has 0 aliphatic heterocycles.